The lowest BCUT2D eigenvalue weighted by molar-refractivity contribution is 0.437. The number of hydrazine groups is 1. The van der Waals surface area contributed by atoms with Gasteiger partial charge in [0.05, 0.1) is 0 Å². The minimum absolute atomic E-state index is 0.405. The highest BCUT2D eigenvalue weighted by molar-refractivity contribution is 5.48. The second kappa shape index (κ2) is 6.19. The number of hydrogen-bond donors (Lipinski definition) is 3. The maximum Gasteiger partial charge on any atom is 0.145 e. The van der Waals surface area contributed by atoms with E-state index in [1.807, 2.05) is 6.07 Å². The Morgan fingerprint density at radius 1 is 1.26 bits per heavy atom. The number of nitrogens with zero attached hydrogens (tertiary/aromatic N) is 2. The number of hydrogen-bond acceptors (Lipinski definition) is 5. The summed E-state index contributed by atoms with van der Waals surface area (Å²) in [6.07, 6.45) is 4.73. The Morgan fingerprint density at radius 2 is 1.89 bits per heavy atom. The fraction of sp³-hybridized carbons (Fsp3) is 0.714. The highest BCUT2D eigenvalue weighted by Crippen LogP contribution is 2.38. The Morgan fingerprint density at radius 3 is 2.42 bits per heavy atom. The minimum atomic E-state index is 0.405. The molecule has 0 radical (unpaired) electrons. The third-order valence-electron chi connectivity index (χ3n) is 3.97. The van der Waals surface area contributed by atoms with Gasteiger partial charge in [0.15, 0.2) is 0 Å². The van der Waals surface area contributed by atoms with Crippen molar-refractivity contribution in [3.05, 3.63) is 11.9 Å². The Balaban J connectivity index is 2.12. The van der Waals surface area contributed by atoms with Crippen molar-refractivity contribution < 1.29 is 0 Å². The standard InChI is InChI=1S/C14H25N5/c1-4-10(5-2)9(3)16-12-8-13(19-15)18-14(17-12)11-6-7-11/h8-11H,4-7,15H2,1-3H3,(H2,16,17,18,19). The quantitative estimate of drug-likeness (QED) is 0.521. The molecule has 0 bridgehead atoms. The summed E-state index contributed by atoms with van der Waals surface area (Å²) in [6, 6.07) is 2.28. The van der Waals surface area contributed by atoms with Crippen LogP contribution < -0.4 is 16.6 Å². The maximum atomic E-state index is 5.48. The zero-order chi connectivity index (χ0) is 13.8. The summed E-state index contributed by atoms with van der Waals surface area (Å²) < 4.78 is 0. The van der Waals surface area contributed by atoms with Crippen molar-refractivity contribution >= 4 is 11.6 Å². The molecule has 1 aromatic rings. The fourth-order valence-electron chi connectivity index (χ4n) is 2.48. The predicted octanol–water partition coefficient (Wildman–Crippen LogP) is 2.88. The Labute approximate surface area is 115 Å². The van der Waals surface area contributed by atoms with Crippen LogP contribution in [0.15, 0.2) is 6.07 Å². The van der Waals surface area contributed by atoms with Crippen LogP contribution in [0.3, 0.4) is 0 Å². The maximum absolute atomic E-state index is 5.48. The Bertz CT molecular complexity index is 412. The van der Waals surface area contributed by atoms with Crippen molar-refractivity contribution in [2.75, 3.05) is 10.7 Å². The highest BCUT2D eigenvalue weighted by Gasteiger charge is 2.27. The molecule has 0 amide bonds. The second-order valence-corrected chi connectivity index (χ2v) is 5.42. The van der Waals surface area contributed by atoms with Gasteiger partial charge in [-0.1, -0.05) is 26.7 Å². The first-order valence-corrected chi connectivity index (χ1v) is 7.30. The van der Waals surface area contributed by atoms with E-state index in [1.165, 1.54) is 25.7 Å². The summed E-state index contributed by atoms with van der Waals surface area (Å²) in [6.45, 7) is 6.68. The van der Waals surface area contributed by atoms with E-state index in [1.54, 1.807) is 0 Å². The summed E-state index contributed by atoms with van der Waals surface area (Å²) >= 11 is 0. The van der Waals surface area contributed by atoms with E-state index in [0.29, 0.717) is 23.7 Å². The lowest BCUT2D eigenvalue weighted by atomic mass is 9.95. The zero-order valence-corrected chi connectivity index (χ0v) is 12.1. The van der Waals surface area contributed by atoms with Gasteiger partial charge in [-0.05, 0) is 25.7 Å². The average Bonchev–Trinajstić information content (AvgIpc) is 3.24. The molecule has 2 rings (SSSR count). The molecule has 1 aliphatic rings. The van der Waals surface area contributed by atoms with Gasteiger partial charge in [-0.25, -0.2) is 15.8 Å². The first-order chi connectivity index (χ1) is 9.17. The molecule has 0 saturated heterocycles. The number of rotatable bonds is 7. The second-order valence-electron chi connectivity index (χ2n) is 5.42. The summed E-state index contributed by atoms with van der Waals surface area (Å²) in [5, 5.41) is 3.49. The number of nitrogens with one attached hydrogen (secondary N) is 2. The van der Waals surface area contributed by atoms with E-state index in [-0.39, 0.29) is 0 Å². The van der Waals surface area contributed by atoms with Crippen LogP contribution in [0, 0.1) is 5.92 Å². The van der Waals surface area contributed by atoms with Crippen molar-refractivity contribution in [1.29, 1.82) is 0 Å². The molecular formula is C14H25N5. The largest absolute Gasteiger partial charge is 0.367 e. The highest BCUT2D eigenvalue weighted by atomic mass is 15.3. The normalized spacial score (nSPS) is 16.5. The van der Waals surface area contributed by atoms with Gasteiger partial charge in [0, 0.05) is 18.0 Å². The van der Waals surface area contributed by atoms with Crippen molar-refractivity contribution in [2.45, 2.75) is 58.4 Å². The van der Waals surface area contributed by atoms with Crippen LogP contribution >= 0.6 is 0 Å². The van der Waals surface area contributed by atoms with Crippen LogP contribution in [0.1, 0.15) is 58.2 Å². The van der Waals surface area contributed by atoms with Crippen LogP contribution in [-0.4, -0.2) is 16.0 Å². The van der Waals surface area contributed by atoms with E-state index < -0.39 is 0 Å². The summed E-state index contributed by atoms with van der Waals surface area (Å²) in [5.41, 5.74) is 2.63. The molecule has 1 unspecified atom stereocenters. The van der Waals surface area contributed by atoms with E-state index in [9.17, 15) is 0 Å². The monoisotopic (exact) mass is 263 g/mol. The van der Waals surface area contributed by atoms with Gasteiger partial charge < -0.3 is 10.7 Å². The van der Waals surface area contributed by atoms with Gasteiger partial charge >= 0.3 is 0 Å². The third kappa shape index (κ3) is 3.56. The molecule has 5 heteroatoms. The molecule has 1 heterocycles. The molecule has 0 aromatic carbocycles. The molecule has 5 nitrogen and oxygen atoms in total. The van der Waals surface area contributed by atoms with Crippen molar-refractivity contribution in [3.8, 4) is 0 Å². The fourth-order valence-corrected chi connectivity index (χ4v) is 2.48. The van der Waals surface area contributed by atoms with Gasteiger partial charge in [-0.15, -0.1) is 0 Å². The molecule has 19 heavy (non-hydrogen) atoms. The van der Waals surface area contributed by atoms with Crippen molar-refractivity contribution in [3.63, 3.8) is 0 Å². The molecule has 0 spiro atoms. The molecule has 1 fully saturated rings. The molecule has 1 aromatic heterocycles. The molecule has 1 saturated carbocycles. The molecule has 0 aliphatic heterocycles. The van der Waals surface area contributed by atoms with Gasteiger partial charge in [0.1, 0.15) is 17.5 Å². The van der Waals surface area contributed by atoms with Crippen LogP contribution in [0.2, 0.25) is 0 Å². The molecular weight excluding hydrogens is 238 g/mol. The van der Waals surface area contributed by atoms with Gasteiger partial charge in [0.2, 0.25) is 0 Å². The van der Waals surface area contributed by atoms with Gasteiger partial charge in [-0.3, -0.25) is 0 Å². The molecule has 106 valence electrons. The van der Waals surface area contributed by atoms with Crippen molar-refractivity contribution in [1.82, 2.24) is 9.97 Å². The SMILES string of the molecule is CCC(CC)C(C)Nc1cc(NN)nc(C2CC2)n1. The van der Waals surface area contributed by atoms with Crippen LogP contribution in [-0.2, 0) is 0 Å². The third-order valence-corrected chi connectivity index (χ3v) is 3.97. The predicted molar refractivity (Wildman–Crippen MR) is 79.0 cm³/mol. The number of anilines is 2. The number of nitrogen functional groups attached to an aromatic ring is 1. The van der Waals surface area contributed by atoms with Crippen LogP contribution in [0.5, 0.6) is 0 Å². The number of aromatic nitrogens is 2. The van der Waals surface area contributed by atoms with Gasteiger partial charge in [-0.2, -0.15) is 0 Å². The van der Waals surface area contributed by atoms with E-state index in [2.05, 4.69) is 41.5 Å². The van der Waals surface area contributed by atoms with Crippen LogP contribution in [0.4, 0.5) is 11.6 Å². The molecule has 4 N–H and O–H groups in total. The topological polar surface area (TPSA) is 75.9 Å². The first-order valence-electron chi connectivity index (χ1n) is 7.30. The number of nitrogens with two attached hydrogens (primary N) is 1. The van der Waals surface area contributed by atoms with E-state index in [0.717, 1.165) is 11.6 Å². The average molecular weight is 263 g/mol. The smallest absolute Gasteiger partial charge is 0.145 e. The lowest BCUT2D eigenvalue weighted by Gasteiger charge is -2.23. The summed E-state index contributed by atoms with van der Waals surface area (Å²) in [7, 11) is 0. The van der Waals surface area contributed by atoms with E-state index in [4.69, 9.17) is 5.84 Å². The minimum Gasteiger partial charge on any atom is -0.367 e. The first kappa shape index (κ1) is 14.1. The zero-order valence-electron chi connectivity index (χ0n) is 12.1. The van der Waals surface area contributed by atoms with Gasteiger partial charge in [0.25, 0.3) is 0 Å². The van der Waals surface area contributed by atoms with Crippen LogP contribution in [0.25, 0.3) is 0 Å². The van der Waals surface area contributed by atoms with E-state index >= 15 is 0 Å². The Kier molecular flexibility index (Phi) is 4.58. The molecule has 1 aliphatic carbocycles. The molecule has 1 atom stereocenters. The lowest BCUT2D eigenvalue weighted by Crippen LogP contribution is -2.26. The summed E-state index contributed by atoms with van der Waals surface area (Å²) in [5.74, 6) is 9.15. The van der Waals surface area contributed by atoms with Crippen molar-refractivity contribution in [2.24, 2.45) is 11.8 Å². The Hall–Kier alpha value is -1.36. The summed E-state index contributed by atoms with van der Waals surface area (Å²) in [4.78, 5) is 9.04.